The van der Waals surface area contributed by atoms with Gasteiger partial charge in [-0.2, -0.15) is 0 Å². The van der Waals surface area contributed by atoms with Crippen molar-refractivity contribution in [3.63, 3.8) is 0 Å². The van der Waals surface area contributed by atoms with Crippen molar-refractivity contribution in [3.05, 3.63) is 40.0 Å². The smallest absolute Gasteiger partial charge is 0.403 e. The Labute approximate surface area is 105 Å². The lowest BCUT2D eigenvalue weighted by molar-refractivity contribution is -0.275. The van der Waals surface area contributed by atoms with Crippen LogP contribution in [0, 0.1) is 17.7 Å². The van der Waals surface area contributed by atoms with Crippen molar-refractivity contribution in [1.82, 2.24) is 0 Å². The molecule has 0 heterocycles. The summed E-state index contributed by atoms with van der Waals surface area (Å²) >= 11 is 0. The standard InChI is InChI=1S/C11H7F4N3O/c12-9-7-8(3-1-2-6-17-18-16)4-5-10(9)19-11(13,14)15/h4-5,7H,2,6H2. The van der Waals surface area contributed by atoms with E-state index in [1.54, 1.807) is 0 Å². The van der Waals surface area contributed by atoms with Gasteiger partial charge in [-0.25, -0.2) is 4.39 Å². The van der Waals surface area contributed by atoms with Crippen molar-refractivity contribution in [3.8, 4) is 17.6 Å². The molecule has 0 aromatic heterocycles. The number of benzene rings is 1. The summed E-state index contributed by atoms with van der Waals surface area (Å²) in [5, 5.41) is 3.23. The van der Waals surface area contributed by atoms with Crippen LogP contribution in [0.5, 0.6) is 5.75 Å². The van der Waals surface area contributed by atoms with Crippen LogP contribution in [0.25, 0.3) is 10.4 Å². The van der Waals surface area contributed by atoms with Gasteiger partial charge in [0.25, 0.3) is 0 Å². The molecule has 0 unspecified atom stereocenters. The zero-order valence-electron chi connectivity index (χ0n) is 9.41. The molecule has 0 radical (unpaired) electrons. The maximum absolute atomic E-state index is 13.3. The summed E-state index contributed by atoms with van der Waals surface area (Å²) in [5.41, 5.74) is 8.20. The largest absolute Gasteiger partial charge is 0.573 e. The van der Waals surface area contributed by atoms with Crippen LogP contribution < -0.4 is 4.74 Å². The number of nitrogens with zero attached hydrogens (tertiary/aromatic N) is 3. The summed E-state index contributed by atoms with van der Waals surface area (Å²) in [5.74, 6) is 3.05. The number of hydrogen-bond donors (Lipinski definition) is 0. The molecule has 100 valence electrons. The quantitative estimate of drug-likeness (QED) is 0.206. The number of ether oxygens (including phenoxy) is 1. The first-order valence-corrected chi connectivity index (χ1v) is 4.97. The van der Waals surface area contributed by atoms with E-state index in [1.165, 1.54) is 6.07 Å². The molecule has 0 saturated heterocycles. The highest BCUT2D eigenvalue weighted by atomic mass is 19.4. The minimum atomic E-state index is -4.94. The zero-order chi connectivity index (χ0) is 14.3. The van der Waals surface area contributed by atoms with Crippen LogP contribution in [-0.4, -0.2) is 12.9 Å². The number of alkyl halides is 3. The van der Waals surface area contributed by atoms with Crippen molar-refractivity contribution < 1.29 is 22.3 Å². The van der Waals surface area contributed by atoms with Crippen LogP contribution in [0.15, 0.2) is 23.3 Å². The van der Waals surface area contributed by atoms with Crippen molar-refractivity contribution >= 4 is 0 Å². The van der Waals surface area contributed by atoms with E-state index >= 15 is 0 Å². The van der Waals surface area contributed by atoms with Gasteiger partial charge >= 0.3 is 6.36 Å². The van der Waals surface area contributed by atoms with Gasteiger partial charge in [-0.3, -0.25) is 0 Å². The highest BCUT2D eigenvalue weighted by molar-refractivity contribution is 5.39. The first-order chi connectivity index (χ1) is 8.92. The van der Waals surface area contributed by atoms with Gasteiger partial charge in [0, 0.05) is 23.4 Å². The molecule has 0 fully saturated rings. The molecule has 1 aromatic carbocycles. The second-order valence-corrected chi connectivity index (χ2v) is 3.20. The Morgan fingerprint density at radius 3 is 2.68 bits per heavy atom. The van der Waals surface area contributed by atoms with Crippen LogP contribution in [0.3, 0.4) is 0 Å². The van der Waals surface area contributed by atoms with Gasteiger partial charge in [0.15, 0.2) is 11.6 Å². The molecule has 8 heteroatoms. The molecular weight excluding hydrogens is 266 g/mol. The molecule has 4 nitrogen and oxygen atoms in total. The van der Waals surface area contributed by atoms with Crippen molar-refractivity contribution in [1.29, 1.82) is 0 Å². The Kier molecular flexibility index (Phi) is 5.03. The summed E-state index contributed by atoms with van der Waals surface area (Å²) in [6.45, 7) is 0.168. The SMILES string of the molecule is [N-]=[N+]=NCCC#Cc1ccc(OC(F)(F)F)c(F)c1. The van der Waals surface area contributed by atoms with Gasteiger partial charge in [-0.05, 0) is 23.7 Å². The molecule has 0 amide bonds. The molecule has 0 aliphatic heterocycles. The van der Waals surface area contributed by atoms with Crippen LogP contribution >= 0.6 is 0 Å². The van der Waals surface area contributed by atoms with Crippen molar-refractivity contribution in [2.75, 3.05) is 6.54 Å². The van der Waals surface area contributed by atoms with E-state index in [-0.39, 0.29) is 18.5 Å². The number of rotatable bonds is 3. The predicted molar refractivity (Wildman–Crippen MR) is 58.6 cm³/mol. The minimum absolute atomic E-state index is 0.168. The third-order valence-electron chi connectivity index (χ3n) is 1.79. The van der Waals surface area contributed by atoms with Crippen LogP contribution in [0.2, 0.25) is 0 Å². The molecule has 0 atom stereocenters. The summed E-state index contributed by atoms with van der Waals surface area (Å²) in [4.78, 5) is 2.51. The lowest BCUT2D eigenvalue weighted by Gasteiger charge is -2.09. The molecule has 19 heavy (non-hydrogen) atoms. The zero-order valence-corrected chi connectivity index (χ0v) is 9.41. The van der Waals surface area contributed by atoms with Gasteiger partial charge in [0.1, 0.15) is 0 Å². The summed E-state index contributed by atoms with van der Waals surface area (Å²) in [6, 6.07) is 2.88. The molecule has 0 saturated carbocycles. The van der Waals surface area contributed by atoms with Gasteiger partial charge in [-0.15, -0.1) is 13.2 Å². The maximum atomic E-state index is 13.3. The van der Waals surface area contributed by atoms with Gasteiger partial charge in [0.05, 0.1) is 0 Å². The summed E-state index contributed by atoms with van der Waals surface area (Å²) < 4.78 is 52.4. The molecule has 0 spiro atoms. The first kappa shape index (κ1) is 14.7. The van der Waals surface area contributed by atoms with Crippen LogP contribution in [0.4, 0.5) is 17.6 Å². The Hall–Kier alpha value is -2.39. The average Bonchev–Trinajstić information content (AvgIpc) is 2.31. The van der Waals surface area contributed by atoms with Crippen molar-refractivity contribution in [2.45, 2.75) is 12.8 Å². The van der Waals surface area contributed by atoms with Crippen LogP contribution in [-0.2, 0) is 0 Å². The van der Waals surface area contributed by atoms with E-state index < -0.39 is 17.9 Å². The predicted octanol–water partition coefficient (Wildman–Crippen LogP) is 3.78. The highest BCUT2D eigenvalue weighted by Gasteiger charge is 2.32. The van der Waals surface area contributed by atoms with E-state index in [0.29, 0.717) is 0 Å². The molecular formula is C11H7F4N3O. The second-order valence-electron chi connectivity index (χ2n) is 3.20. The minimum Gasteiger partial charge on any atom is -0.403 e. The molecule has 1 aromatic rings. The topological polar surface area (TPSA) is 58.0 Å². The Morgan fingerprint density at radius 1 is 1.37 bits per heavy atom. The molecule has 0 aliphatic rings. The highest BCUT2D eigenvalue weighted by Crippen LogP contribution is 2.25. The van der Waals surface area contributed by atoms with Gasteiger partial charge < -0.3 is 4.74 Å². The molecule has 0 aliphatic carbocycles. The summed E-state index contributed by atoms with van der Waals surface area (Å²) in [6.07, 6.45) is -4.67. The lowest BCUT2D eigenvalue weighted by atomic mass is 10.2. The first-order valence-electron chi connectivity index (χ1n) is 4.97. The second kappa shape index (κ2) is 6.52. The molecule has 0 bridgehead atoms. The monoisotopic (exact) mass is 273 g/mol. The Bertz CT molecular complexity index is 553. The molecule has 0 N–H and O–H groups in total. The van der Waals surface area contributed by atoms with E-state index in [0.717, 1.165) is 12.1 Å². The Balaban J connectivity index is 2.74. The fourth-order valence-electron chi connectivity index (χ4n) is 1.10. The van der Waals surface area contributed by atoms with E-state index in [2.05, 4.69) is 26.6 Å². The van der Waals surface area contributed by atoms with Crippen molar-refractivity contribution in [2.24, 2.45) is 5.11 Å². The lowest BCUT2D eigenvalue weighted by Crippen LogP contribution is -2.17. The van der Waals surface area contributed by atoms with E-state index in [1.807, 2.05) is 0 Å². The van der Waals surface area contributed by atoms with Crippen LogP contribution in [0.1, 0.15) is 12.0 Å². The number of hydrogen-bond acceptors (Lipinski definition) is 2. The van der Waals surface area contributed by atoms with Gasteiger partial charge in [-0.1, -0.05) is 17.0 Å². The van der Waals surface area contributed by atoms with E-state index in [4.69, 9.17) is 5.53 Å². The maximum Gasteiger partial charge on any atom is 0.573 e. The van der Waals surface area contributed by atoms with Gasteiger partial charge in [0.2, 0.25) is 0 Å². The summed E-state index contributed by atoms with van der Waals surface area (Å²) in [7, 11) is 0. The Morgan fingerprint density at radius 2 is 2.11 bits per heavy atom. The fraction of sp³-hybridized carbons (Fsp3) is 0.273. The average molecular weight is 273 g/mol. The third-order valence-corrected chi connectivity index (χ3v) is 1.79. The number of halogens is 4. The van der Waals surface area contributed by atoms with E-state index in [9.17, 15) is 17.6 Å². The third kappa shape index (κ3) is 5.66. The molecule has 1 rings (SSSR count). The fourth-order valence-corrected chi connectivity index (χ4v) is 1.10. The number of azide groups is 1. The normalized spacial score (nSPS) is 10.1.